The van der Waals surface area contributed by atoms with Crippen LogP contribution in [0.4, 0.5) is 4.39 Å². The molecule has 1 unspecified atom stereocenters. The predicted octanol–water partition coefficient (Wildman–Crippen LogP) is 4.24. The minimum Gasteiger partial charge on any atom is -0.320 e. The van der Waals surface area contributed by atoms with Gasteiger partial charge in [-0.25, -0.2) is 4.39 Å². The summed E-state index contributed by atoms with van der Waals surface area (Å²) < 4.78 is 14.2. The van der Waals surface area contributed by atoms with E-state index in [4.69, 9.17) is 28.9 Å². The molecule has 0 saturated heterocycles. The van der Waals surface area contributed by atoms with E-state index in [9.17, 15) is 4.39 Å². The van der Waals surface area contributed by atoms with Crippen LogP contribution in [0.5, 0.6) is 0 Å². The summed E-state index contributed by atoms with van der Waals surface area (Å²) in [5.74, 6) is -0.314. The lowest BCUT2D eigenvalue weighted by Gasteiger charge is -2.11. The molecule has 1 aromatic heterocycles. The van der Waals surface area contributed by atoms with Gasteiger partial charge in [-0.2, -0.15) is 0 Å². The summed E-state index contributed by atoms with van der Waals surface area (Å²) in [7, 11) is 0. The van der Waals surface area contributed by atoms with Gasteiger partial charge < -0.3 is 5.73 Å². The molecule has 84 valence electrons. The smallest absolute Gasteiger partial charge is 0.123 e. The molecule has 0 radical (unpaired) electrons. The van der Waals surface area contributed by atoms with Gasteiger partial charge in [0.25, 0.3) is 0 Å². The topological polar surface area (TPSA) is 26.0 Å². The third-order valence-corrected chi connectivity index (χ3v) is 3.74. The van der Waals surface area contributed by atoms with E-state index in [1.54, 1.807) is 18.2 Å². The van der Waals surface area contributed by atoms with Crippen LogP contribution in [0.2, 0.25) is 8.67 Å². The number of thiophene rings is 1. The molecule has 16 heavy (non-hydrogen) atoms. The molecule has 2 N–H and O–H groups in total. The second kappa shape index (κ2) is 4.72. The largest absolute Gasteiger partial charge is 0.320 e. The predicted molar refractivity (Wildman–Crippen MR) is 66.8 cm³/mol. The van der Waals surface area contributed by atoms with E-state index in [2.05, 4.69) is 0 Å². The van der Waals surface area contributed by atoms with Gasteiger partial charge >= 0.3 is 0 Å². The highest BCUT2D eigenvalue weighted by atomic mass is 35.5. The van der Waals surface area contributed by atoms with Crippen molar-refractivity contribution >= 4 is 34.5 Å². The van der Waals surface area contributed by atoms with Crippen molar-refractivity contribution in [3.8, 4) is 0 Å². The molecule has 1 heterocycles. The van der Waals surface area contributed by atoms with E-state index in [1.807, 2.05) is 0 Å². The Balaban J connectivity index is 2.38. The molecule has 0 bridgehead atoms. The Morgan fingerprint density at radius 3 is 2.56 bits per heavy atom. The molecular weight excluding hydrogens is 268 g/mol. The van der Waals surface area contributed by atoms with Crippen LogP contribution < -0.4 is 5.73 Å². The van der Waals surface area contributed by atoms with Gasteiger partial charge in [0.2, 0.25) is 0 Å². The van der Waals surface area contributed by atoms with E-state index >= 15 is 0 Å². The number of benzene rings is 1. The standard InChI is InChI=1S/C11H8Cl2FNS/c12-9-5-8(11(13)16-9)10(15)6-2-1-3-7(14)4-6/h1-5,10H,15H2. The fourth-order valence-corrected chi connectivity index (χ4v) is 2.99. The number of hydrogen-bond acceptors (Lipinski definition) is 2. The van der Waals surface area contributed by atoms with Gasteiger partial charge in [0.05, 0.1) is 14.7 Å². The fraction of sp³-hybridized carbons (Fsp3) is 0.0909. The third-order valence-electron chi connectivity index (χ3n) is 2.23. The Morgan fingerprint density at radius 1 is 1.25 bits per heavy atom. The van der Waals surface area contributed by atoms with Gasteiger partial charge in [0, 0.05) is 5.56 Å². The first kappa shape index (κ1) is 11.9. The van der Waals surface area contributed by atoms with Crippen LogP contribution in [-0.2, 0) is 0 Å². The van der Waals surface area contributed by atoms with Crippen molar-refractivity contribution in [2.45, 2.75) is 6.04 Å². The zero-order chi connectivity index (χ0) is 11.7. The molecule has 0 aliphatic heterocycles. The summed E-state index contributed by atoms with van der Waals surface area (Å²) >= 11 is 13.1. The quantitative estimate of drug-likeness (QED) is 0.872. The maximum absolute atomic E-state index is 13.0. The average molecular weight is 276 g/mol. The van der Waals surface area contributed by atoms with E-state index in [1.165, 1.54) is 23.5 Å². The number of hydrogen-bond donors (Lipinski definition) is 1. The van der Waals surface area contributed by atoms with Crippen molar-refractivity contribution in [3.05, 3.63) is 55.9 Å². The number of rotatable bonds is 2. The highest BCUT2D eigenvalue weighted by molar-refractivity contribution is 7.20. The van der Waals surface area contributed by atoms with Crippen LogP contribution in [-0.4, -0.2) is 0 Å². The van der Waals surface area contributed by atoms with Crippen molar-refractivity contribution in [1.29, 1.82) is 0 Å². The summed E-state index contributed by atoms with van der Waals surface area (Å²) in [6.07, 6.45) is 0. The maximum atomic E-state index is 13.0. The molecule has 1 atom stereocenters. The lowest BCUT2D eigenvalue weighted by atomic mass is 10.0. The highest BCUT2D eigenvalue weighted by Crippen LogP contribution is 2.36. The van der Waals surface area contributed by atoms with Gasteiger partial charge in [0.15, 0.2) is 0 Å². The molecule has 0 fully saturated rings. The first-order chi connectivity index (χ1) is 7.58. The molecule has 2 aromatic rings. The van der Waals surface area contributed by atoms with Crippen molar-refractivity contribution in [2.24, 2.45) is 5.73 Å². The fourth-order valence-electron chi connectivity index (χ4n) is 1.44. The highest BCUT2D eigenvalue weighted by Gasteiger charge is 2.15. The number of nitrogens with two attached hydrogens (primary N) is 1. The summed E-state index contributed by atoms with van der Waals surface area (Å²) in [5, 5.41) is 0. The molecular formula is C11H8Cl2FNS. The van der Waals surface area contributed by atoms with Crippen molar-refractivity contribution < 1.29 is 4.39 Å². The lowest BCUT2D eigenvalue weighted by Crippen LogP contribution is -2.11. The zero-order valence-corrected chi connectivity index (χ0v) is 10.4. The van der Waals surface area contributed by atoms with Gasteiger partial charge in [-0.3, -0.25) is 0 Å². The normalized spacial score (nSPS) is 12.8. The van der Waals surface area contributed by atoms with E-state index in [0.29, 0.717) is 14.2 Å². The first-order valence-electron chi connectivity index (χ1n) is 4.53. The van der Waals surface area contributed by atoms with E-state index < -0.39 is 6.04 Å². The van der Waals surface area contributed by atoms with Crippen LogP contribution in [0.1, 0.15) is 17.2 Å². The second-order valence-electron chi connectivity index (χ2n) is 3.31. The number of halogens is 3. The Labute approximate surface area is 107 Å². The molecule has 0 aliphatic rings. The molecule has 2 rings (SSSR count). The van der Waals surface area contributed by atoms with E-state index in [0.717, 1.165) is 5.56 Å². The van der Waals surface area contributed by atoms with Crippen LogP contribution in [0, 0.1) is 5.82 Å². The summed E-state index contributed by atoms with van der Waals surface area (Å²) in [6.45, 7) is 0. The Hall–Kier alpha value is -0.610. The molecule has 0 aliphatic carbocycles. The van der Waals surface area contributed by atoms with Crippen LogP contribution in [0.3, 0.4) is 0 Å². The van der Waals surface area contributed by atoms with Gasteiger partial charge in [0.1, 0.15) is 5.82 Å². The van der Waals surface area contributed by atoms with Crippen molar-refractivity contribution in [3.63, 3.8) is 0 Å². The zero-order valence-electron chi connectivity index (χ0n) is 8.08. The lowest BCUT2D eigenvalue weighted by molar-refractivity contribution is 0.623. The monoisotopic (exact) mass is 275 g/mol. The van der Waals surface area contributed by atoms with Crippen LogP contribution in [0.15, 0.2) is 30.3 Å². The van der Waals surface area contributed by atoms with Gasteiger partial charge in [-0.15, -0.1) is 11.3 Å². The van der Waals surface area contributed by atoms with Crippen LogP contribution in [0.25, 0.3) is 0 Å². The maximum Gasteiger partial charge on any atom is 0.123 e. The van der Waals surface area contributed by atoms with Crippen LogP contribution >= 0.6 is 34.5 Å². The van der Waals surface area contributed by atoms with Crippen molar-refractivity contribution in [1.82, 2.24) is 0 Å². The minimum absolute atomic E-state index is 0.314. The Kier molecular flexibility index (Phi) is 3.50. The van der Waals surface area contributed by atoms with Gasteiger partial charge in [-0.1, -0.05) is 35.3 Å². The third kappa shape index (κ3) is 2.38. The van der Waals surface area contributed by atoms with Gasteiger partial charge in [-0.05, 0) is 23.8 Å². The molecule has 0 saturated carbocycles. The Morgan fingerprint density at radius 2 is 2.00 bits per heavy atom. The molecule has 0 spiro atoms. The summed E-state index contributed by atoms with van der Waals surface area (Å²) in [5.41, 5.74) is 7.40. The Bertz CT molecular complexity index is 512. The van der Waals surface area contributed by atoms with E-state index in [-0.39, 0.29) is 5.82 Å². The average Bonchev–Trinajstić information content (AvgIpc) is 2.57. The molecule has 1 nitrogen and oxygen atoms in total. The van der Waals surface area contributed by atoms with Crippen molar-refractivity contribution in [2.75, 3.05) is 0 Å². The SMILES string of the molecule is NC(c1cccc(F)c1)c1cc(Cl)sc1Cl. The molecule has 5 heteroatoms. The minimum atomic E-state index is -0.452. The molecule has 0 amide bonds. The molecule has 1 aromatic carbocycles. The second-order valence-corrected chi connectivity index (χ2v) is 5.60. The summed E-state index contributed by atoms with van der Waals surface area (Å²) in [6, 6.07) is 7.41. The summed E-state index contributed by atoms with van der Waals surface area (Å²) in [4.78, 5) is 0. The first-order valence-corrected chi connectivity index (χ1v) is 6.11.